The van der Waals surface area contributed by atoms with Gasteiger partial charge in [0.05, 0.1) is 25.7 Å². The average Bonchev–Trinajstić information content (AvgIpc) is 2.49. The molecule has 7 heteroatoms. The molecule has 1 saturated heterocycles. The molecule has 0 amide bonds. The summed E-state index contributed by atoms with van der Waals surface area (Å²) in [6, 6.07) is 1.39. The van der Waals surface area contributed by atoms with Crippen molar-refractivity contribution < 1.29 is 9.53 Å². The van der Waals surface area contributed by atoms with Crippen molar-refractivity contribution in [2.24, 2.45) is 5.92 Å². The second kappa shape index (κ2) is 7.14. The highest BCUT2D eigenvalue weighted by Gasteiger charge is 2.35. The highest BCUT2D eigenvalue weighted by molar-refractivity contribution is 6.52. The van der Waals surface area contributed by atoms with Gasteiger partial charge < -0.3 is 10.1 Å². The van der Waals surface area contributed by atoms with E-state index < -0.39 is 11.6 Å². The molecule has 1 aliphatic heterocycles. The topological polar surface area (TPSA) is 38.3 Å². The molecule has 3 nitrogen and oxygen atoms in total. The van der Waals surface area contributed by atoms with E-state index in [1.165, 1.54) is 6.07 Å². The van der Waals surface area contributed by atoms with Gasteiger partial charge >= 0.3 is 5.97 Å². The number of carbonyl (C=O) groups is 1. The van der Waals surface area contributed by atoms with Gasteiger partial charge in [-0.3, -0.25) is 0 Å². The Morgan fingerprint density at radius 1 is 1.14 bits per heavy atom. The fourth-order valence-corrected chi connectivity index (χ4v) is 3.49. The van der Waals surface area contributed by atoms with Crippen LogP contribution in [0.15, 0.2) is 6.07 Å². The number of piperidine rings is 1. The molecule has 0 unspecified atom stereocenters. The SMILES string of the molecule is CC(C)(OC(=O)c1cc(Cl)c(Cl)c(Cl)c1Cl)C1CCNCC1. The van der Waals surface area contributed by atoms with Gasteiger partial charge in [0.1, 0.15) is 5.60 Å². The maximum Gasteiger partial charge on any atom is 0.340 e. The molecular formula is C15H17Cl4NO2. The summed E-state index contributed by atoms with van der Waals surface area (Å²) in [6.07, 6.45) is 1.91. The quantitative estimate of drug-likeness (QED) is 0.440. The summed E-state index contributed by atoms with van der Waals surface area (Å²) in [5.74, 6) is -0.260. The fraction of sp³-hybridized carbons (Fsp3) is 0.533. The zero-order valence-electron chi connectivity index (χ0n) is 12.3. The third kappa shape index (κ3) is 3.82. The minimum atomic E-state index is -0.596. The second-order valence-corrected chi connectivity index (χ2v) is 7.41. The van der Waals surface area contributed by atoms with Crippen LogP contribution in [0.5, 0.6) is 0 Å². The molecule has 0 radical (unpaired) electrons. The first-order valence-corrected chi connectivity index (χ1v) is 8.52. The molecule has 1 aliphatic rings. The van der Waals surface area contributed by atoms with Crippen LogP contribution < -0.4 is 5.32 Å². The Kier molecular flexibility index (Phi) is 5.89. The number of hydrogen-bond acceptors (Lipinski definition) is 3. The van der Waals surface area contributed by atoms with E-state index in [9.17, 15) is 4.79 Å². The first-order chi connectivity index (χ1) is 10.2. The first-order valence-electron chi connectivity index (χ1n) is 7.01. The van der Waals surface area contributed by atoms with Crippen molar-refractivity contribution in [3.63, 3.8) is 0 Å². The number of benzene rings is 1. The largest absolute Gasteiger partial charge is 0.456 e. The van der Waals surface area contributed by atoms with Crippen LogP contribution in [0.1, 0.15) is 37.0 Å². The van der Waals surface area contributed by atoms with Crippen LogP contribution in [0.3, 0.4) is 0 Å². The van der Waals surface area contributed by atoms with Crippen LogP contribution in [0.4, 0.5) is 0 Å². The Hall–Kier alpha value is -0.190. The lowest BCUT2D eigenvalue weighted by Crippen LogP contribution is -2.42. The van der Waals surface area contributed by atoms with Crippen LogP contribution >= 0.6 is 46.4 Å². The van der Waals surface area contributed by atoms with E-state index in [0.717, 1.165) is 25.9 Å². The van der Waals surface area contributed by atoms with Gasteiger partial charge in [0.15, 0.2) is 0 Å². The molecular weight excluding hydrogens is 368 g/mol. The molecule has 0 spiro atoms. The van der Waals surface area contributed by atoms with Crippen LogP contribution in [-0.4, -0.2) is 24.7 Å². The first kappa shape index (κ1) is 18.2. The van der Waals surface area contributed by atoms with E-state index in [-0.39, 0.29) is 31.6 Å². The van der Waals surface area contributed by atoms with Crippen molar-refractivity contribution in [1.82, 2.24) is 5.32 Å². The standard InChI is InChI=1S/C15H17Cl4NO2/c1-15(2,8-3-5-20-6-4-8)22-14(21)9-7-10(16)12(18)13(19)11(9)17/h7-8,20H,3-6H2,1-2H3. The Balaban J connectivity index is 2.22. The summed E-state index contributed by atoms with van der Waals surface area (Å²) < 4.78 is 5.68. The van der Waals surface area contributed by atoms with Crippen LogP contribution in [0, 0.1) is 5.92 Å². The molecule has 0 atom stereocenters. The molecule has 22 heavy (non-hydrogen) atoms. The lowest BCUT2D eigenvalue weighted by Gasteiger charge is -2.36. The molecule has 1 aromatic rings. The van der Waals surface area contributed by atoms with Crippen LogP contribution in [-0.2, 0) is 4.74 Å². The van der Waals surface area contributed by atoms with Gasteiger partial charge in [0, 0.05) is 5.92 Å². The van der Waals surface area contributed by atoms with Gasteiger partial charge in [0.25, 0.3) is 0 Å². The lowest BCUT2D eigenvalue weighted by atomic mass is 9.83. The summed E-state index contributed by atoms with van der Waals surface area (Å²) >= 11 is 24.0. The van der Waals surface area contributed by atoms with Crippen LogP contribution in [0.2, 0.25) is 20.1 Å². The molecule has 1 fully saturated rings. The number of esters is 1. The van der Waals surface area contributed by atoms with Gasteiger partial charge in [-0.05, 0) is 45.8 Å². The van der Waals surface area contributed by atoms with Gasteiger partial charge in [-0.15, -0.1) is 0 Å². The summed E-state index contributed by atoms with van der Waals surface area (Å²) in [5.41, 5.74) is -0.468. The zero-order valence-corrected chi connectivity index (χ0v) is 15.3. The minimum Gasteiger partial charge on any atom is -0.456 e. The number of ether oxygens (including phenoxy) is 1. The van der Waals surface area contributed by atoms with Crippen molar-refractivity contribution >= 4 is 52.4 Å². The predicted molar refractivity (Wildman–Crippen MR) is 91.6 cm³/mol. The van der Waals surface area contributed by atoms with Crippen molar-refractivity contribution in [2.75, 3.05) is 13.1 Å². The number of carbonyl (C=O) groups excluding carboxylic acids is 1. The number of nitrogens with one attached hydrogen (secondary N) is 1. The predicted octanol–water partition coefficient (Wildman–Crippen LogP) is 5.24. The normalized spacial score (nSPS) is 16.6. The fourth-order valence-electron chi connectivity index (χ4n) is 2.62. The molecule has 0 aliphatic carbocycles. The van der Waals surface area contributed by atoms with E-state index in [1.807, 2.05) is 13.8 Å². The van der Waals surface area contributed by atoms with Gasteiger partial charge in [-0.25, -0.2) is 4.79 Å². The maximum absolute atomic E-state index is 12.5. The van der Waals surface area contributed by atoms with E-state index >= 15 is 0 Å². The summed E-state index contributed by atoms with van der Waals surface area (Å²) in [7, 11) is 0. The van der Waals surface area contributed by atoms with E-state index in [1.54, 1.807) is 0 Å². The Morgan fingerprint density at radius 3 is 2.32 bits per heavy atom. The highest BCUT2D eigenvalue weighted by Crippen LogP contribution is 2.39. The van der Waals surface area contributed by atoms with Crippen LogP contribution in [0.25, 0.3) is 0 Å². The van der Waals surface area contributed by atoms with Crippen molar-refractivity contribution in [3.05, 3.63) is 31.7 Å². The van der Waals surface area contributed by atoms with E-state index in [2.05, 4.69) is 5.32 Å². The molecule has 1 N–H and O–H groups in total. The van der Waals surface area contributed by atoms with Gasteiger partial charge in [-0.1, -0.05) is 46.4 Å². The molecule has 122 valence electrons. The number of hydrogen-bond donors (Lipinski definition) is 1. The number of halogens is 4. The summed E-state index contributed by atoms with van der Waals surface area (Å²) in [5, 5.41) is 3.70. The molecule has 2 rings (SSSR count). The highest BCUT2D eigenvalue weighted by atomic mass is 35.5. The number of rotatable bonds is 3. The molecule has 1 aromatic carbocycles. The minimum absolute atomic E-state index is 0.0576. The monoisotopic (exact) mass is 383 g/mol. The molecule has 0 aromatic heterocycles. The lowest BCUT2D eigenvalue weighted by molar-refractivity contribution is -0.0367. The van der Waals surface area contributed by atoms with Crippen molar-refractivity contribution in [1.29, 1.82) is 0 Å². The smallest absolute Gasteiger partial charge is 0.340 e. The third-order valence-corrected chi connectivity index (χ3v) is 5.75. The van der Waals surface area contributed by atoms with E-state index in [4.69, 9.17) is 51.1 Å². The Morgan fingerprint density at radius 2 is 1.73 bits per heavy atom. The van der Waals surface area contributed by atoms with Gasteiger partial charge in [-0.2, -0.15) is 0 Å². The molecule has 1 heterocycles. The average molecular weight is 385 g/mol. The molecule has 0 saturated carbocycles. The summed E-state index contributed by atoms with van der Waals surface area (Å²) in [6.45, 7) is 5.66. The third-order valence-electron chi connectivity index (χ3n) is 4.00. The Labute approximate surface area is 150 Å². The zero-order chi connectivity index (χ0) is 16.5. The van der Waals surface area contributed by atoms with E-state index in [0.29, 0.717) is 0 Å². The van der Waals surface area contributed by atoms with Crippen molar-refractivity contribution in [2.45, 2.75) is 32.3 Å². The maximum atomic E-state index is 12.5. The Bertz CT molecular complexity index is 583. The summed E-state index contributed by atoms with van der Waals surface area (Å²) in [4.78, 5) is 12.5. The second-order valence-electron chi connectivity index (χ2n) is 5.87. The van der Waals surface area contributed by atoms with Gasteiger partial charge in [0.2, 0.25) is 0 Å². The van der Waals surface area contributed by atoms with Crippen molar-refractivity contribution in [3.8, 4) is 0 Å². The molecule has 0 bridgehead atoms.